The molecule has 2 fully saturated rings. The van der Waals surface area contributed by atoms with Crippen LogP contribution in [0.4, 0.5) is 0 Å². The van der Waals surface area contributed by atoms with Gasteiger partial charge in [0.2, 0.25) is 0 Å². The van der Waals surface area contributed by atoms with Crippen LogP contribution in [0.3, 0.4) is 0 Å². The lowest BCUT2D eigenvalue weighted by atomic mass is 9.73. The lowest BCUT2D eigenvalue weighted by Gasteiger charge is -2.52. The Balaban J connectivity index is 1.81. The van der Waals surface area contributed by atoms with Crippen molar-refractivity contribution in [2.24, 2.45) is 11.7 Å². The van der Waals surface area contributed by atoms with Crippen molar-refractivity contribution < 1.29 is 4.74 Å². The Hall–Kier alpha value is -0.120. The highest BCUT2D eigenvalue weighted by Crippen LogP contribution is 2.40. The van der Waals surface area contributed by atoms with E-state index in [1.54, 1.807) is 0 Å². The molecule has 2 rings (SSSR count). The van der Waals surface area contributed by atoms with E-state index in [1.807, 2.05) is 0 Å². The molecule has 15 heavy (non-hydrogen) atoms. The van der Waals surface area contributed by atoms with Gasteiger partial charge in [-0.2, -0.15) is 0 Å². The molecule has 0 aliphatic heterocycles. The van der Waals surface area contributed by atoms with Gasteiger partial charge in [0.05, 0.1) is 6.10 Å². The fourth-order valence-electron chi connectivity index (χ4n) is 2.66. The molecular weight excluding hydrogens is 188 g/mol. The minimum absolute atomic E-state index is 0.252. The molecule has 3 heteroatoms. The number of hydrogen-bond acceptors (Lipinski definition) is 3. The molecule has 0 unspecified atom stereocenters. The van der Waals surface area contributed by atoms with Gasteiger partial charge in [0.25, 0.3) is 0 Å². The van der Waals surface area contributed by atoms with E-state index in [9.17, 15) is 0 Å². The molecule has 0 bridgehead atoms. The van der Waals surface area contributed by atoms with E-state index in [-0.39, 0.29) is 5.54 Å². The number of ether oxygens (including phenoxy) is 1. The van der Waals surface area contributed by atoms with Gasteiger partial charge in [0.15, 0.2) is 0 Å². The number of nitrogens with two attached hydrogens (primary N) is 1. The summed E-state index contributed by atoms with van der Waals surface area (Å²) in [4.78, 5) is 2.49. The lowest BCUT2D eigenvalue weighted by molar-refractivity contribution is -0.0932. The minimum Gasteiger partial charge on any atom is -0.378 e. The molecule has 2 saturated carbocycles. The van der Waals surface area contributed by atoms with Gasteiger partial charge in [0.1, 0.15) is 0 Å². The first-order chi connectivity index (χ1) is 7.20. The molecule has 2 N–H and O–H groups in total. The summed E-state index contributed by atoms with van der Waals surface area (Å²) in [6.07, 6.45) is 5.54. The molecule has 2 aliphatic carbocycles. The monoisotopic (exact) mass is 212 g/mol. The fourth-order valence-corrected chi connectivity index (χ4v) is 2.66. The molecule has 2 aliphatic rings. The maximum Gasteiger partial charge on any atom is 0.0611 e. The minimum atomic E-state index is 0.252. The van der Waals surface area contributed by atoms with Gasteiger partial charge in [-0.25, -0.2) is 0 Å². The molecule has 3 nitrogen and oxygen atoms in total. The number of rotatable bonds is 6. The molecule has 88 valence electrons. The summed E-state index contributed by atoms with van der Waals surface area (Å²) in [6, 6.07) is 0. The second kappa shape index (κ2) is 4.40. The van der Waals surface area contributed by atoms with Crippen molar-refractivity contribution in [2.75, 3.05) is 26.7 Å². The SMILES string of the molecule is CCOC1CC(CN)(N(C)CC2CC2)C1. The van der Waals surface area contributed by atoms with Crippen molar-refractivity contribution in [3.63, 3.8) is 0 Å². The summed E-state index contributed by atoms with van der Waals surface area (Å²) < 4.78 is 5.62. The second-order valence-electron chi connectivity index (χ2n) is 5.24. The van der Waals surface area contributed by atoms with Gasteiger partial charge in [-0.05, 0) is 45.6 Å². The zero-order valence-corrected chi connectivity index (χ0v) is 10.0. The zero-order chi connectivity index (χ0) is 10.9. The van der Waals surface area contributed by atoms with Crippen LogP contribution in [0.15, 0.2) is 0 Å². The Bertz CT molecular complexity index is 210. The van der Waals surface area contributed by atoms with Crippen LogP contribution < -0.4 is 5.73 Å². The second-order valence-corrected chi connectivity index (χ2v) is 5.24. The lowest BCUT2D eigenvalue weighted by Crippen LogP contribution is -2.63. The predicted octanol–water partition coefficient (Wildman–Crippen LogP) is 1.22. The van der Waals surface area contributed by atoms with E-state index in [4.69, 9.17) is 10.5 Å². The molecule has 0 amide bonds. The third-order valence-corrected chi connectivity index (χ3v) is 4.04. The van der Waals surface area contributed by atoms with Gasteiger partial charge < -0.3 is 10.5 Å². The first-order valence-electron chi connectivity index (χ1n) is 6.23. The Morgan fingerprint density at radius 1 is 1.40 bits per heavy atom. The van der Waals surface area contributed by atoms with Crippen LogP contribution in [0.2, 0.25) is 0 Å². The van der Waals surface area contributed by atoms with Crippen LogP contribution in [0.5, 0.6) is 0 Å². The summed E-state index contributed by atoms with van der Waals surface area (Å²) in [7, 11) is 2.23. The van der Waals surface area contributed by atoms with Crippen molar-refractivity contribution in [2.45, 2.75) is 44.2 Å². The molecule has 0 radical (unpaired) electrons. The number of hydrogen-bond donors (Lipinski definition) is 1. The summed E-state index contributed by atoms with van der Waals surface area (Å²) in [5.74, 6) is 0.949. The summed E-state index contributed by atoms with van der Waals surface area (Å²) in [5.41, 5.74) is 6.18. The van der Waals surface area contributed by atoms with Crippen molar-refractivity contribution in [3.8, 4) is 0 Å². The maximum atomic E-state index is 5.93. The summed E-state index contributed by atoms with van der Waals surface area (Å²) >= 11 is 0. The number of likely N-dealkylation sites (N-methyl/N-ethyl adjacent to an activating group) is 1. The standard InChI is InChI=1S/C12H24N2O/c1-3-15-11-6-12(7-11,9-13)14(2)8-10-4-5-10/h10-11H,3-9,13H2,1-2H3. The molecule has 0 aromatic heterocycles. The third-order valence-electron chi connectivity index (χ3n) is 4.04. The van der Waals surface area contributed by atoms with Gasteiger partial charge in [-0.1, -0.05) is 0 Å². The van der Waals surface area contributed by atoms with Crippen molar-refractivity contribution in [1.29, 1.82) is 0 Å². The predicted molar refractivity (Wildman–Crippen MR) is 61.8 cm³/mol. The molecular formula is C12H24N2O. The van der Waals surface area contributed by atoms with Crippen LogP contribution in [0.1, 0.15) is 32.6 Å². The van der Waals surface area contributed by atoms with Crippen molar-refractivity contribution >= 4 is 0 Å². The maximum absolute atomic E-state index is 5.93. The van der Waals surface area contributed by atoms with E-state index in [0.717, 1.165) is 31.9 Å². The Morgan fingerprint density at radius 3 is 2.53 bits per heavy atom. The molecule has 0 atom stereocenters. The summed E-state index contributed by atoms with van der Waals surface area (Å²) in [6.45, 7) is 4.91. The Morgan fingerprint density at radius 2 is 2.07 bits per heavy atom. The highest BCUT2D eigenvalue weighted by molar-refractivity contribution is 5.04. The molecule has 0 spiro atoms. The highest BCUT2D eigenvalue weighted by atomic mass is 16.5. The smallest absolute Gasteiger partial charge is 0.0611 e. The first-order valence-corrected chi connectivity index (χ1v) is 6.23. The zero-order valence-electron chi connectivity index (χ0n) is 10.0. The Kier molecular flexibility index (Phi) is 3.33. The largest absolute Gasteiger partial charge is 0.378 e. The molecule has 0 aromatic rings. The van der Waals surface area contributed by atoms with Crippen LogP contribution in [0, 0.1) is 5.92 Å². The van der Waals surface area contributed by atoms with Crippen molar-refractivity contribution in [1.82, 2.24) is 4.90 Å². The Labute approximate surface area is 93.0 Å². The van der Waals surface area contributed by atoms with Gasteiger partial charge in [0, 0.05) is 25.2 Å². The van der Waals surface area contributed by atoms with Crippen LogP contribution in [0.25, 0.3) is 0 Å². The molecule has 0 heterocycles. The summed E-state index contributed by atoms with van der Waals surface area (Å²) in [5, 5.41) is 0. The first kappa shape index (κ1) is 11.4. The van der Waals surface area contributed by atoms with Gasteiger partial charge >= 0.3 is 0 Å². The average molecular weight is 212 g/mol. The highest BCUT2D eigenvalue weighted by Gasteiger charge is 2.47. The topological polar surface area (TPSA) is 38.5 Å². The van der Waals surface area contributed by atoms with Gasteiger partial charge in [-0.3, -0.25) is 4.90 Å². The van der Waals surface area contributed by atoms with Crippen LogP contribution >= 0.6 is 0 Å². The van der Waals surface area contributed by atoms with E-state index >= 15 is 0 Å². The fraction of sp³-hybridized carbons (Fsp3) is 1.00. The quantitative estimate of drug-likeness (QED) is 0.719. The van der Waals surface area contributed by atoms with E-state index in [1.165, 1.54) is 19.4 Å². The molecule has 0 aromatic carbocycles. The van der Waals surface area contributed by atoms with E-state index in [2.05, 4.69) is 18.9 Å². The van der Waals surface area contributed by atoms with E-state index in [0.29, 0.717) is 6.10 Å². The van der Waals surface area contributed by atoms with E-state index < -0.39 is 0 Å². The van der Waals surface area contributed by atoms with Gasteiger partial charge in [-0.15, -0.1) is 0 Å². The van der Waals surface area contributed by atoms with Crippen LogP contribution in [-0.4, -0.2) is 43.3 Å². The third kappa shape index (κ3) is 2.35. The van der Waals surface area contributed by atoms with Crippen molar-refractivity contribution in [3.05, 3.63) is 0 Å². The van der Waals surface area contributed by atoms with Crippen LogP contribution in [-0.2, 0) is 4.74 Å². The normalized spacial score (nSPS) is 35.6. The average Bonchev–Trinajstić information content (AvgIpc) is 2.94. The molecule has 0 saturated heterocycles. The number of nitrogens with zero attached hydrogens (tertiary/aromatic N) is 1.